The zero-order chi connectivity index (χ0) is 13.8. The van der Waals surface area contributed by atoms with E-state index in [-0.39, 0.29) is 0 Å². The third-order valence-corrected chi connectivity index (χ3v) is 3.27. The van der Waals surface area contributed by atoms with Gasteiger partial charge in [0.2, 0.25) is 5.95 Å². The second kappa shape index (κ2) is 5.66. The van der Waals surface area contributed by atoms with Crippen LogP contribution in [0.5, 0.6) is 0 Å². The molecule has 3 aromatic rings. The lowest BCUT2D eigenvalue weighted by molar-refractivity contribution is 0.762. The summed E-state index contributed by atoms with van der Waals surface area (Å²) in [6.07, 6.45) is 6.93. The van der Waals surface area contributed by atoms with Gasteiger partial charge in [-0.15, -0.1) is 0 Å². The maximum Gasteiger partial charge on any atom is 0.256 e. The first kappa shape index (κ1) is 12.5. The summed E-state index contributed by atoms with van der Waals surface area (Å²) in [5.41, 5.74) is 0. The highest BCUT2D eigenvalue weighted by Crippen LogP contribution is 2.24. The van der Waals surface area contributed by atoms with Crippen molar-refractivity contribution in [2.45, 2.75) is 10.1 Å². The van der Waals surface area contributed by atoms with E-state index in [9.17, 15) is 0 Å². The summed E-state index contributed by atoms with van der Waals surface area (Å²) in [4.78, 5) is 18.0. The summed E-state index contributed by atoms with van der Waals surface area (Å²) in [6, 6.07) is 5.63. The summed E-state index contributed by atoms with van der Waals surface area (Å²) >= 11 is 1.45. The summed E-state index contributed by atoms with van der Waals surface area (Å²) in [5, 5.41) is 7.65. The van der Waals surface area contributed by atoms with Crippen LogP contribution in [0.4, 0.5) is 5.95 Å². The molecule has 0 aromatic carbocycles. The topological polar surface area (TPSA) is 81.4 Å². The van der Waals surface area contributed by atoms with Crippen LogP contribution >= 0.6 is 11.8 Å². The number of nitrogens with one attached hydrogen (secondary N) is 1. The molecule has 1 N–H and O–H groups in total. The van der Waals surface area contributed by atoms with Crippen LogP contribution in [-0.4, -0.2) is 36.8 Å². The molecule has 0 radical (unpaired) electrons. The fourth-order valence-electron chi connectivity index (χ4n) is 1.50. The van der Waals surface area contributed by atoms with Crippen LogP contribution in [-0.2, 0) is 0 Å². The van der Waals surface area contributed by atoms with Gasteiger partial charge in [0, 0.05) is 36.7 Å². The van der Waals surface area contributed by atoms with E-state index in [1.807, 2.05) is 18.2 Å². The molecule has 7 nitrogen and oxygen atoms in total. The van der Waals surface area contributed by atoms with Gasteiger partial charge >= 0.3 is 0 Å². The Morgan fingerprint density at radius 2 is 1.95 bits per heavy atom. The molecule has 0 saturated heterocycles. The van der Waals surface area contributed by atoms with E-state index >= 15 is 0 Å². The number of nitrogens with zero attached hydrogens (tertiary/aromatic N) is 6. The largest absolute Gasteiger partial charge is 0.357 e. The van der Waals surface area contributed by atoms with Crippen molar-refractivity contribution in [3.63, 3.8) is 0 Å². The molecule has 100 valence electrons. The Labute approximate surface area is 119 Å². The van der Waals surface area contributed by atoms with Crippen molar-refractivity contribution in [1.29, 1.82) is 0 Å². The molecule has 0 aliphatic heterocycles. The van der Waals surface area contributed by atoms with Crippen LogP contribution < -0.4 is 5.32 Å². The Morgan fingerprint density at radius 3 is 2.65 bits per heavy atom. The second-order valence-corrected chi connectivity index (χ2v) is 4.77. The first-order valence-corrected chi connectivity index (χ1v) is 6.68. The summed E-state index contributed by atoms with van der Waals surface area (Å²) in [7, 11) is 1.77. The zero-order valence-corrected chi connectivity index (χ0v) is 11.4. The molecule has 8 heteroatoms. The van der Waals surface area contributed by atoms with Gasteiger partial charge in [0.05, 0.1) is 0 Å². The first-order valence-electron chi connectivity index (χ1n) is 5.87. The van der Waals surface area contributed by atoms with Crippen molar-refractivity contribution < 1.29 is 0 Å². The van der Waals surface area contributed by atoms with Crippen molar-refractivity contribution >= 4 is 17.7 Å². The number of hydrogen-bond donors (Lipinski definition) is 1. The van der Waals surface area contributed by atoms with Gasteiger partial charge in [-0.25, -0.2) is 4.68 Å². The van der Waals surface area contributed by atoms with Crippen molar-refractivity contribution in [2.75, 3.05) is 12.4 Å². The lowest BCUT2D eigenvalue weighted by Crippen LogP contribution is -2.07. The van der Waals surface area contributed by atoms with E-state index in [1.165, 1.54) is 11.8 Å². The van der Waals surface area contributed by atoms with Gasteiger partial charge in [-0.1, -0.05) is 0 Å². The molecule has 0 aliphatic rings. The van der Waals surface area contributed by atoms with Gasteiger partial charge in [-0.3, -0.25) is 4.98 Å². The molecule has 0 bridgehead atoms. The molecule has 0 atom stereocenters. The second-order valence-electron chi connectivity index (χ2n) is 3.73. The highest BCUT2D eigenvalue weighted by Gasteiger charge is 2.09. The lowest BCUT2D eigenvalue weighted by Gasteiger charge is -2.06. The van der Waals surface area contributed by atoms with E-state index in [1.54, 1.807) is 36.5 Å². The highest BCUT2D eigenvalue weighted by atomic mass is 32.2. The number of pyridine rings is 1. The monoisotopic (exact) mass is 285 g/mol. The number of aromatic nitrogens is 6. The number of hydrogen-bond acceptors (Lipinski definition) is 7. The lowest BCUT2D eigenvalue weighted by atomic mass is 10.5. The van der Waals surface area contributed by atoms with E-state index in [2.05, 4.69) is 30.4 Å². The maximum absolute atomic E-state index is 4.40. The van der Waals surface area contributed by atoms with Crippen LogP contribution in [0, 0.1) is 0 Å². The van der Waals surface area contributed by atoms with Crippen molar-refractivity contribution in [3.8, 4) is 5.95 Å². The van der Waals surface area contributed by atoms with E-state index in [0.29, 0.717) is 17.1 Å². The summed E-state index contributed by atoms with van der Waals surface area (Å²) in [5.74, 6) is 0.980. The van der Waals surface area contributed by atoms with Crippen LogP contribution in [0.2, 0.25) is 0 Å². The predicted octanol–water partition coefficient (Wildman–Crippen LogP) is 1.65. The Bertz CT molecular complexity index is 684. The quantitative estimate of drug-likeness (QED) is 0.780. The average Bonchev–Trinajstić information content (AvgIpc) is 3.02. The van der Waals surface area contributed by atoms with Crippen LogP contribution in [0.15, 0.2) is 53.0 Å². The Kier molecular flexibility index (Phi) is 3.55. The van der Waals surface area contributed by atoms with Gasteiger partial charge in [-0.2, -0.15) is 20.1 Å². The van der Waals surface area contributed by atoms with Gasteiger partial charge < -0.3 is 5.32 Å². The average molecular weight is 285 g/mol. The molecule has 0 unspecified atom stereocenters. The van der Waals surface area contributed by atoms with Crippen LogP contribution in [0.25, 0.3) is 5.95 Å². The molecule has 0 saturated carbocycles. The molecule has 0 aliphatic carbocycles. The van der Waals surface area contributed by atoms with Gasteiger partial charge in [0.1, 0.15) is 0 Å². The third-order valence-electron chi connectivity index (χ3n) is 2.39. The minimum atomic E-state index is 0.478. The Hall–Kier alpha value is -2.48. The normalized spacial score (nSPS) is 10.4. The molecule has 3 heterocycles. The molecular formula is C12H11N7S. The van der Waals surface area contributed by atoms with Gasteiger partial charge in [0.15, 0.2) is 5.16 Å². The third kappa shape index (κ3) is 2.75. The van der Waals surface area contributed by atoms with E-state index in [4.69, 9.17) is 0 Å². The van der Waals surface area contributed by atoms with Gasteiger partial charge in [-0.05, 0) is 30.0 Å². The van der Waals surface area contributed by atoms with Gasteiger partial charge in [0.25, 0.3) is 5.95 Å². The molecule has 3 rings (SSSR count). The van der Waals surface area contributed by atoms with Crippen LogP contribution in [0.1, 0.15) is 0 Å². The SMILES string of the molecule is CNc1nc(Sc2ccncc2)nc(-n2cccn2)n1. The minimum Gasteiger partial charge on any atom is -0.357 e. The summed E-state index contributed by atoms with van der Waals surface area (Å²) in [6.45, 7) is 0. The first-order chi connectivity index (χ1) is 9.85. The predicted molar refractivity (Wildman–Crippen MR) is 74.9 cm³/mol. The van der Waals surface area contributed by atoms with E-state index < -0.39 is 0 Å². The van der Waals surface area contributed by atoms with Crippen LogP contribution in [0.3, 0.4) is 0 Å². The van der Waals surface area contributed by atoms with E-state index in [0.717, 1.165) is 4.90 Å². The fourth-order valence-corrected chi connectivity index (χ4v) is 2.23. The van der Waals surface area contributed by atoms with Crippen molar-refractivity contribution in [3.05, 3.63) is 43.0 Å². The Balaban J connectivity index is 1.96. The fraction of sp³-hybridized carbons (Fsp3) is 0.0833. The molecule has 20 heavy (non-hydrogen) atoms. The molecule has 3 aromatic heterocycles. The maximum atomic E-state index is 4.40. The molecular weight excluding hydrogens is 274 g/mol. The summed E-state index contributed by atoms with van der Waals surface area (Å²) < 4.78 is 1.60. The number of anilines is 1. The zero-order valence-electron chi connectivity index (χ0n) is 10.6. The van der Waals surface area contributed by atoms with Crippen molar-refractivity contribution in [1.82, 2.24) is 29.7 Å². The Morgan fingerprint density at radius 1 is 1.10 bits per heavy atom. The molecule has 0 fully saturated rings. The molecule has 0 amide bonds. The number of rotatable bonds is 4. The molecule has 0 spiro atoms. The standard InChI is InChI=1S/C12H11N7S/c1-13-10-16-11(19-8-2-5-15-19)18-12(17-10)20-9-3-6-14-7-4-9/h2-8H,1H3,(H,13,16,17,18). The smallest absolute Gasteiger partial charge is 0.256 e. The highest BCUT2D eigenvalue weighted by molar-refractivity contribution is 7.99. The minimum absolute atomic E-state index is 0.478. The van der Waals surface area contributed by atoms with Crippen molar-refractivity contribution in [2.24, 2.45) is 0 Å².